The predicted octanol–water partition coefficient (Wildman–Crippen LogP) is 5.18. The summed E-state index contributed by atoms with van der Waals surface area (Å²) in [5.41, 5.74) is 1.53. The first-order valence-corrected chi connectivity index (χ1v) is 17.1. The molecule has 0 spiro atoms. The predicted molar refractivity (Wildman–Crippen MR) is 181 cm³/mol. The van der Waals surface area contributed by atoms with E-state index < -0.39 is 5.82 Å². The van der Waals surface area contributed by atoms with Gasteiger partial charge in [0.25, 0.3) is 0 Å². The van der Waals surface area contributed by atoms with Crippen LogP contribution >= 0.6 is 0 Å². The Balaban J connectivity index is 1.18. The lowest BCUT2D eigenvalue weighted by atomic mass is 9.84. The summed E-state index contributed by atoms with van der Waals surface area (Å²) in [5.74, 6) is 3.11. The van der Waals surface area contributed by atoms with Crippen LogP contribution < -0.4 is 14.4 Å². The van der Waals surface area contributed by atoms with Crippen LogP contribution in [0.1, 0.15) is 68.7 Å². The molecule has 3 aromatic rings. The molecule has 2 aromatic carbocycles. The first kappa shape index (κ1) is 30.9. The van der Waals surface area contributed by atoms with Gasteiger partial charge in [0.05, 0.1) is 35.5 Å². The van der Waals surface area contributed by atoms with E-state index in [1.807, 2.05) is 4.90 Å². The molecule has 4 saturated heterocycles. The third-order valence-electron chi connectivity index (χ3n) is 11.7. The van der Waals surface area contributed by atoms with E-state index in [9.17, 15) is 14.3 Å². The number of phenols is 1. The molecule has 0 radical (unpaired) electrons. The van der Waals surface area contributed by atoms with Crippen molar-refractivity contribution in [3.05, 3.63) is 59.6 Å². The van der Waals surface area contributed by atoms with Crippen molar-refractivity contribution in [2.24, 2.45) is 5.41 Å². The van der Waals surface area contributed by atoms with E-state index in [0.717, 1.165) is 32.4 Å². The van der Waals surface area contributed by atoms with E-state index in [2.05, 4.69) is 36.1 Å². The summed E-state index contributed by atoms with van der Waals surface area (Å²) in [6.07, 6.45) is 13.1. The lowest BCUT2D eigenvalue weighted by Gasteiger charge is -2.43. The summed E-state index contributed by atoms with van der Waals surface area (Å²) in [5, 5.41) is 11.9. The van der Waals surface area contributed by atoms with Gasteiger partial charge in [-0.05, 0) is 85.8 Å². The van der Waals surface area contributed by atoms with Gasteiger partial charge in [0.15, 0.2) is 11.6 Å². The summed E-state index contributed by atoms with van der Waals surface area (Å²) in [6, 6.07) is 6.54. The number of benzene rings is 2. The molecule has 2 bridgehead atoms. The third kappa shape index (κ3) is 4.89. The minimum atomic E-state index is -0.478. The summed E-state index contributed by atoms with van der Waals surface area (Å²) in [7, 11) is 0. The van der Waals surface area contributed by atoms with Crippen molar-refractivity contribution in [2.45, 2.75) is 75.9 Å². The van der Waals surface area contributed by atoms with Gasteiger partial charge in [0.1, 0.15) is 18.2 Å². The van der Waals surface area contributed by atoms with Crippen LogP contribution in [0.3, 0.4) is 0 Å². The smallest absolute Gasteiger partial charge is 0.318 e. The molecule has 3 atom stereocenters. The molecule has 10 heteroatoms. The summed E-state index contributed by atoms with van der Waals surface area (Å²) < 4.78 is 28.0. The number of halogens is 1. The highest BCUT2D eigenvalue weighted by Gasteiger charge is 2.53. The molecule has 9 nitrogen and oxygen atoms in total. The Hall–Kier alpha value is -4.36. The lowest BCUT2D eigenvalue weighted by Crippen LogP contribution is -2.57. The highest BCUT2D eigenvalue weighted by Crippen LogP contribution is 2.48. The van der Waals surface area contributed by atoms with Gasteiger partial charge < -0.3 is 24.4 Å². The zero-order chi connectivity index (χ0) is 33.4. The van der Waals surface area contributed by atoms with Gasteiger partial charge in [-0.25, -0.2) is 4.39 Å². The van der Waals surface area contributed by atoms with Gasteiger partial charge in [-0.2, -0.15) is 9.97 Å². The number of piperazine rings is 1. The maximum absolute atomic E-state index is 14.9. The zero-order valence-electron chi connectivity index (χ0n) is 27.7. The molecule has 250 valence electrons. The second-order valence-corrected chi connectivity index (χ2v) is 14.9. The minimum absolute atomic E-state index is 0.00994. The fourth-order valence-electron chi connectivity index (χ4n) is 9.39. The Morgan fingerprint density at radius 3 is 2.75 bits per heavy atom. The molecule has 5 aliphatic heterocycles. The van der Waals surface area contributed by atoms with Gasteiger partial charge in [-0.3, -0.25) is 9.69 Å². The number of carbonyl (C=O) groups excluding carboxylic acids is 1. The summed E-state index contributed by atoms with van der Waals surface area (Å²) in [4.78, 5) is 29.7. The first-order valence-electron chi connectivity index (χ1n) is 17.1. The summed E-state index contributed by atoms with van der Waals surface area (Å²) in [6.45, 7) is 12.4. The molecule has 0 unspecified atom stereocenters. The van der Waals surface area contributed by atoms with E-state index in [0.29, 0.717) is 65.7 Å². The highest BCUT2D eigenvalue weighted by molar-refractivity contribution is 5.93. The lowest BCUT2D eigenvalue weighted by molar-refractivity contribution is -0.130. The minimum Gasteiger partial charge on any atom is -0.508 e. The van der Waals surface area contributed by atoms with Crippen LogP contribution in [0.4, 0.5) is 10.2 Å². The van der Waals surface area contributed by atoms with Gasteiger partial charge in [0.2, 0.25) is 5.91 Å². The number of fused-ring (bicyclic) bond motifs is 5. The van der Waals surface area contributed by atoms with Crippen LogP contribution in [0.5, 0.6) is 17.5 Å². The fraction of sp³-hybridized carbons (Fsp3) is 0.500. The van der Waals surface area contributed by atoms with Gasteiger partial charge in [-0.1, -0.05) is 32.4 Å². The highest BCUT2D eigenvalue weighted by atomic mass is 19.1. The van der Waals surface area contributed by atoms with Crippen molar-refractivity contribution in [3.63, 3.8) is 0 Å². The van der Waals surface area contributed by atoms with E-state index in [1.54, 1.807) is 18.2 Å². The number of aromatic nitrogens is 2. The van der Waals surface area contributed by atoms with Gasteiger partial charge in [0, 0.05) is 30.8 Å². The largest absolute Gasteiger partial charge is 0.508 e. The van der Waals surface area contributed by atoms with Crippen molar-refractivity contribution >= 4 is 22.5 Å². The van der Waals surface area contributed by atoms with E-state index in [1.165, 1.54) is 25.0 Å². The normalized spacial score (nSPS) is 25.3. The molecule has 0 saturated carbocycles. The Morgan fingerprint density at radius 1 is 1.23 bits per heavy atom. The maximum Gasteiger partial charge on any atom is 0.318 e. The number of phenolic OH excluding ortho intramolecular Hbond substituents is 1. The van der Waals surface area contributed by atoms with Crippen molar-refractivity contribution in [1.82, 2.24) is 19.8 Å². The number of amides is 1. The molecule has 48 heavy (non-hydrogen) atoms. The second kappa shape index (κ2) is 11.4. The maximum atomic E-state index is 14.9. The fourth-order valence-corrected chi connectivity index (χ4v) is 9.39. The van der Waals surface area contributed by atoms with Crippen molar-refractivity contribution < 1.29 is 23.8 Å². The monoisotopic (exact) mass is 651 g/mol. The number of rotatable bonds is 6. The molecule has 1 amide bonds. The standard InChI is InChI=1S/C38H42FN5O4/c1-5-27-29(39)10-9-23-15-26(45)17-28(33(23)27)24-16-30-34(47-21-24)35(41-36(40-30)48-22-38-11-7-13-43(38)14-8-12-38)42-19-25-18-37(3,4)31(20-42)44(25)32(46)6-2/h1,6,9-10,15,17,24-25,31,45H,2,7-8,11-14,16,18-22H2,3-4H3/t24-,25+,31+/m0/s1. The van der Waals surface area contributed by atoms with Gasteiger partial charge in [-0.15, -0.1) is 6.42 Å². The first-order chi connectivity index (χ1) is 23.1. The molecule has 1 aromatic heterocycles. The van der Waals surface area contributed by atoms with Crippen LogP contribution in [-0.2, 0) is 11.2 Å². The van der Waals surface area contributed by atoms with Crippen molar-refractivity contribution in [2.75, 3.05) is 44.3 Å². The van der Waals surface area contributed by atoms with Crippen LogP contribution in [-0.4, -0.2) is 87.8 Å². The van der Waals surface area contributed by atoms with Crippen molar-refractivity contribution in [1.29, 1.82) is 0 Å². The van der Waals surface area contributed by atoms with Crippen LogP contribution in [0.2, 0.25) is 0 Å². The number of anilines is 1. The van der Waals surface area contributed by atoms with Gasteiger partial charge >= 0.3 is 6.01 Å². The van der Waals surface area contributed by atoms with Crippen LogP contribution in [0.15, 0.2) is 36.9 Å². The molecule has 5 aliphatic rings. The number of hydrogen-bond acceptors (Lipinski definition) is 8. The average molecular weight is 652 g/mol. The number of aromatic hydroxyl groups is 1. The average Bonchev–Trinajstić information content (AvgIpc) is 3.70. The van der Waals surface area contributed by atoms with E-state index >= 15 is 0 Å². The Kier molecular flexibility index (Phi) is 7.33. The Bertz CT molecular complexity index is 1860. The van der Waals surface area contributed by atoms with E-state index in [4.69, 9.17) is 25.9 Å². The van der Waals surface area contributed by atoms with Crippen LogP contribution in [0, 0.1) is 23.6 Å². The topological polar surface area (TPSA) is 91.3 Å². The van der Waals surface area contributed by atoms with Crippen LogP contribution in [0.25, 0.3) is 10.8 Å². The molecular formula is C38H42FN5O4. The molecular weight excluding hydrogens is 609 g/mol. The molecule has 4 fully saturated rings. The molecule has 1 N–H and O–H groups in total. The SMILES string of the molecule is C#Cc1c(F)ccc2cc(O)cc([C@@H]3COc4c(nc(OCC56CCCN5CCC6)nc4N4C[C@H]5CC(C)(C)[C@@H](C4)N5C(=O)C=C)C3)c12. The Labute approximate surface area is 280 Å². The number of ether oxygens (including phenoxy) is 2. The van der Waals surface area contributed by atoms with E-state index in [-0.39, 0.29) is 52.8 Å². The number of terminal acetylenes is 1. The number of hydrogen-bond donors (Lipinski definition) is 1. The zero-order valence-corrected chi connectivity index (χ0v) is 27.7. The molecule has 6 heterocycles. The second-order valence-electron chi connectivity index (χ2n) is 14.9. The van der Waals surface area contributed by atoms with Crippen molar-refractivity contribution in [3.8, 4) is 29.9 Å². The number of carbonyl (C=O) groups is 1. The molecule has 0 aliphatic carbocycles. The quantitative estimate of drug-likeness (QED) is 0.288. The number of nitrogens with zero attached hydrogens (tertiary/aromatic N) is 5. The summed E-state index contributed by atoms with van der Waals surface area (Å²) >= 11 is 0. The molecule has 8 rings (SSSR count). The Morgan fingerprint density at radius 2 is 2.02 bits per heavy atom. The third-order valence-corrected chi connectivity index (χ3v) is 11.7.